The van der Waals surface area contributed by atoms with Gasteiger partial charge in [-0.1, -0.05) is 140 Å². The number of hydrogen-bond donors (Lipinski definition) is 2. The number of fused-ring (bicyclic) bond motifs is 6. The fourth-order valence-electron chi connectivity index (χ4n) is 6.00. The minimum absolute atomic E-state index is 0.675. The molecule has 1 heterocycles. The fourth-order valence-corrected chi connectivity index (χ4v) is 7.24. The van der Waals surface area contributed by atoms with Crippen molar-refractivity contribution in [1.29, 1.82) is 0 Å². The Morgan fingerprint density at radius 3 is 1.63 bits per heavy atom. The number of nitrogen functional groups attached to an aromatic ring is 2. The molecule has 0 bridgehead atoms. The van der Waals surface area contributed by atoms with Crippen LogP contribution >= 0.6 is 11.3 Å². The predicted octanol–water partition coefficient (Wildman–Crippen LogP) is 10.7. The zero-order valence-corrected chi connectivity index (χ0v) is 24.7. The van der Waals surface area contributed by atoms with Gasteiger partial charge in [0.2, 0.25) is 0 Å². The normalized spacial score (nSPS) is 11.2. The first kappa shape index (κ1) is 26.8. The molecular weight excluding hydrogens is 541 g/mol. The van der Waals surface area contributed by atoms with Crippen molar-refractivity contribution in [3.8, 4) is 11.1 Å². The minimum Gasteiger partial charge on any atom is -0.397 e. The molecule has 3 heteroatoms. The smallest absolute Gasteiger partial charge is 0.0634 e. The van der Waals surface area contributed by atoms with Gasteiger partial charge in [-0.3, -0.25) is 0 Å². The average Bonchev–Trinajstić information content (AvgIpc) is 3.46. The van der Waals surface area contributed by atoms with Crippen molar-refractivity contribution < 1.29 is 0 Å². The summed E-state index contributed by atoms with van der Waals surface area (Å²) in [7, 11) is 0. The maximum absolute atomic E-state index is 6.06. The Morgan fingerprint density at radius 1 is 0.419 bits per heavy atom. The van der Waals surface area contributed by atoms with Gasteiger partial charge in [0.25, 0.3) is 0 Å². The van der Waals surface area contributed by atoms with E-state index >= 15 is 0 Å². The molecule has 8 rings (SSSR count). The fraction of sp³-hybridized carbons (Fsp3) is 0.0500. The molecular formula is C40H32N2S. The van der Waals surface area contributed by atoms with E-state index in [-0.39, 0.29) is 0 Å². The summed E-state index contributed by atoms with van der Waals surface area (Å²) in [6.45, 7) is 0. The van der Waals surface area contributed by atoms with Crippen LogP contribution in [0.5, 0.6) is 0 Å². The Morgan fingerprint density at radius 2 is 0.930 bits per heavy atom. The molecule has 0 atom stereocenters. The largest absolute Gasteiger partial charge is 0.397 e. The summed E-state index contributed by atoms with van der Waals surface area (Å²) in [5, 5.41) is 7.09. The molecule has 43 heavy (non-hydrogen) atoms. The van der Waals surface area contributed by atoms with E-state index < -0.39 is 0 Å². The second kappa shape index (κ2) is 11.6. The number of hydrogen-bond acceptors (Lipinski definition) is 3. The van der Waals surface area contributed by atoms with E-state index in [1.165, 1.54) is 42.4 Å². The summed E-state index contributed by atoms with van der Waals surface area (Å²) in [6.07, 6.45) is 2.15. The average molecular weight is 573 g/mol. The summed E-state index contributed by atoms with van der Waals surface area (Å²) in [6, 6.07) is 51.4. The van der Waals surface area contributed by atoms with Crippen LogP contribution in [0.3, 0.4) is 0 Å². The van der Waals surface area contributed by atoms with Crippen molar-refractivity contribution in [2.45, 2.75) is 12.8 Å². The number of benzene rings is 7. The molecule has 0 aliphatic heterocycles. The predicted molar refractivity (Wildman–Crippen MR) is 189 cm³/mol. The Labute approximate surface area is 255 Å². The van der Waals surface area contributed by atoms with Crippen molar-refractivity contribution in [3.05, 3.63) is 157 Å². The Balaban J connectivity index is 0.000000160. The summed E-state index contributed by atoms with van der Waals surface area (Å²) >= 11 is 1.90. The van der Waals surface area contributed by atoms with Crippen molar-refractivity contribution in [2.24, 2.45) is 0 Å². The van der Waals surface area contributed by atoms with E-state index in [0.717, 1.165) is 34.4 Å². The Hall–Kier alpha value is -5.12. The van der Waals surface area contributed by atoms with Crippen LogP contribution in [0.2, 0.25) is 0 Å². The van der Waals surface area contributed by atoms with Crippen LogP contribution in [0.25, 0.3) is 52.8 Å². The lowest BCUT2D eigenvalue weighted by Crippen LogP contribution is -1.97. The molecule has 0 saturated heterocycles. The van der Waals surface area contributed by atoms with Gasteiger partial charge in [0.1, 0.15) is 0 Å². The van der Waals surface area contributed by atoms with Crippen LogP contribution in [0.15, 0.2) is 146 Å². The monoisotopic (exact) mass is 572 g/mol. The van der Waals surface area contributed by atoms with E-state index in [9.17, 15) is 0 Å². The second-order valence-electron chi connectivity index (χ2n) is 10.9. The van der Waals surface area contributed by atoms with Crippen molar-refractivity contribution in [3.63, 3.8) is 0 Å². The standard InChI is InChI=1S/C26H20S.C14H12N2/c1-2-8-19(9-3-1)16-17-20-10-6-11-21(18-20)22-13-7-14-24-23-12-4-5-15-25(23)27-26(22)24;15-13-11-7-3-1-5-9(11)10-6-2-4-8-12(10)14(13)16/h1-15,18H,16-17H2;1-8H,15-16H2. The van der Waals surface area contributed by atoms with Gasteiger partial charge in [0.05, 0.1) is 11.4 Å². The van der Waals surface area contributed by atoms with Crippen LogP contribution < -0.4 is 11.5 Å². The number of nitrogens with two attached hydrogens (primary N) is 2. The van der Waals surface area contributed by atoms with Crippen molar-refractivity contribution in [1.82, 2.24) is 0 Å². The molecule has 8 aromatic rings. The topological polar surface area (TPSA) is 52.0 Å². The van der Waals surface area contributed by atoms with Crippen molar-refractivity contribution in [2.75, 3.05) is 11.5 Å². The SMILES string of the molecule is Nc1c(N)c2ccccc2c2ccccc12.c1ccc(CCc2cccc(-c3cccc4c3sc3ccccc34)c2)cc1. The summed E-state index contributed by atoms with van der Waals surface area (Å²) in [5.74, 6) is 0. The number of thiophene rings is 1. The van der Waals surface area contributed by atoms with Crippen LogP contribution in [0, 0.1) is 0 Å². The van der Waals surface area contributed by atoms with Crippen LogP contribution in [0.1, 0.15) is 11.1 Å². The molecule has 0 fully saturated rings. The number of anilines is 2. The molecule has 7 aromatic carbocycles. The molecule has 4 N–H and O–H groups in total. The molecule has 0 aliphatic carbocycles. The third-order valence-electron chi connectivity index (χ3n) is 8.20. The third kappa shape index (κ3) is 5.20. The van der Waals surface area contributed by atoms with E-state index in [4.69, 9.17) is 11.5 Å². The molecule has 0 saturated carbocycles. The first-order valence-electron chi connectivity index (χ1n) is 14.7. The molecule has 0 radical (unpaired) electrons. The Kier molecular flexibility index (Phi) is 7.24. The van der Waals surface area contributed by atoms with Crippen LogP contribution in [-0.2, 0) is 12.8 Å². The zero-order chi connectivity index (χ0) is 29.2. The molecule has 2 nitrogen and oxygen atoms in total. The number of aryl methyl sites for hydroxylation is 2. The van der Waals surface area contributed by atoms with E-state index in [2.05, 4.69) is 109 Å². The lowest BCUT2D eigenvalue weighted by atomic mass is 9.98. The van der Waals surface area contributed by atoms with Crippen LogP contribution in [0.4, 0.5) is 11.4 Å². The van der Waals surface area contributed by atoms with Gasteiger partial charge in [-0.25, -0.2) is 0 Å². The first-order chi connectivity index (χ1) is 21.2. The molecule has 1 aromatic heterocycles. The van der Waals surface area contributed by atoms with Gasteiger partial charge < -0.3 is 11.5 Å². The summed E-state index contributed by atoms with van der Waals surface area (Å²) in [4.78, 5) is 0. The first-order valence-corrected chi connectivity index (χ1v) is 15.5. The van der Waals surface area contributed by atoms with E-state index in [0.29, 0.717) is 11.4 Å². The second-order valence-corrected chi connectivity index (χ2v) is 11.9. The van der Waals surface area contributed by atoms with Crippen molar-refractivity contribution >= 4 is 64.4 Å². The van der Waals surface area contributed by atoms with E-state index in [1.807, 2.05) is 47.7 Å². The van der Waals surface area contributed by atoms with E-state index in [1.54, 1.807) is 0 Å². The highest BCUT2D eigenvalue weighted by Crippen LogP contribution is 2.40. The molecule has 0 unspecified atom stereocenters. The third-order valence-corrected chi connectivity index (χ3v) is 9.42. The lowest BCUT2D eigenvalue weighted by molar-refractivity contribution is 0.961. The zero-order valence-electron chi connectivity index (χ0n) is 23.8. The maximum atomic E-state index is 6.06. The molecule has 208 valence electrons. The summed E-state index contributed by atoms with van der Waals surface area (Å²) < 4.78 is 2.75. The van der Waals surface area contributed by atoms with Gasteiger partial charge in [0.15, 0.2) is 0 Å². The van der Waals surface area contributed by atoms with Crippen LogP contribution in [-0.4, -0.2) is 0 Å². The van der Waals surface area contributed by atoms with Gasteiger partial charge in [-0.15, -0.1) is 11.3 Å². The summed E-state index contributed by atoms with van der Waals surface area (Å²) in [5.41, 5.74) is 18.9. The highest BCUT2D eigenvalue weighted by atomic mass is 32.1. The van der Waals surface area contributed by atoms with Gasteiger partial charge in [0, 0.05) is 30.9 Å². The van der Waals surface area contributed by atoms with Gasteiger partial charge in [-0.2, -0.15) is 0 Å². The molecule has 0 spiro atoms. The van der Waals surface area contributed by atoms with Gasteiger partial charge in [-0.05, 0) is 51.9 Å². The minimum atomic E-state index is 0.675. The molecule has 0 amide bonds. The quantitative estimate of drug-likeness (QED) is 0.125. The lowest BCUT2D eigenvalue weighted by Gasteiger charge is -2.10. The highest BCUT2D eigenvalue weighted by Gasteiger charge is 2.11. The van der Waals surface area contributed by atoms with Gasteiger partial charge >= 0.3 is 0 Å². The molecule has 0 aliphatic rings. The maximum Gasteiger partial charge on any atom is 0.0634 e. The number of rotatable bonds is 4. The Bertz CT molecular complexity index is 2150. The highest BCUT2D eigenvalue weighted by molar-refractivity contribution is 7.26.